The maximum atomic E-state index is 6.12. The van der Waals surface area contributed by atoms with Gasteiger partial charge in [0, 0.05) is 11.1 Å². The van der Waals surface area contributed by atoms with Crippen LogP contribution in [0.2, 0.25) is 5.02 Å². The van der Waals surface area contributed by atoms with Crippen molar-refractivity contribution in [1.82, 2.24) is 10.1 Å². The molecule has 2 aromatic rings. The molecule has 2 rings (SSSR count). The second-order valence-corrected chi connectivity index (χ2v) is 5.17. The number of nitrogens with two attached hydrogens (primary N) is 1. The van der Waals surface area contributed by atoms with E-state index in [1.54, 1.807) is 12.1 Å². The topological polar surface area (TPSA) is 74.2 Å². The minimum absolute atomic E-state index is 0.347. The number of benzene rings is 1. The summed E-state index contributed by atoms with van der Waals surface area (Å²) in [5.41, 5.74) is 6.56. The Morgan fingerprint density at radius 3 is 3.00 bits per heavy atom. The van der Waals surface area contributed by atoms with Crippen molar-refractivity contribution in [2.24, 2.45) is 5.73 Å². The van der Waals surface area contributed by atoms with Crippen LogP contribution in [-0.2, 0) is 4.74 Å². The molecule has 0 saturated carbocycles. The van der Waals surface area contributed by atoms with Gasteiger partial charge in [-0.25, -0.2) is 0 Å². The number of ether oxygens (including phenoxy) is 1. The highest BCUT2D eigenvalue weighted by molar-refractivity contribution is 9.10. The molecule has 0 aliphatic rings. The van der Waals surface area contributed by atoms with Crippen LogP contribution in [0.15, 0.2) is 27.2 Å². The Hall–Kier alpha value is -0.950. The Balaban J connectivity index is 2.20. The van der Waals surface area contributed by atoms with Gasteiger partial charge in [0.2, 0.25) is 0 Å². The molecule has 102 valence electrons. The second kappa shape index (κ2) is 6.47. The van der Waals surface area contributed by atoms with Gasteiger partial charge in [0.15, 0.2) is 5.82 Å². The van der Waals surface area contributed by atoms with Gasteiger partial charge in [-0.05, 0) is 25.1 Å². The molecule has 0 aliphatic carbocycles. The fraction of sp³-hybridized carbons (Fsp3) is 0.333. The van der Waals surface area contributed by atoms with Crippen molar-refractivity contribution < 1.29 is 9.26 Å². The normalized spacial score (nSPS) is 12.6. The van der Waals surface area contributed by atoms with Gasteiger partial charge in [-0.1, -0.05) is 32.7 Å². The van der Waals surface area contributed by atoms with E-state index in [2.05, 4.69) is 26.1 Å². The van der Waals surface area contributed by atoms with Crippen LogP contribution < -0.4 is 5.73 Å². The minimum atomic E-state index is -0.410. The summed E-state index contributed by atoms with van der Waals surface area (Å²) >= 11 is 9.46. The van der Waals surface area contributed by atoms with Gasteiger partial charge >= 0.3 is 0 Å². The molecule has 1 heterocycles. The average molecular weight is 347 g/mol. The first-order valence-electron chi connectivity index (χ1n) is 5.74. The van der Waals surface area contributed by atoms with Crippen molar-refractivity contribution in [2.75, 3.05) is 13.2 Å². The van der Waals surface area contributed by atoms with Gasteiger partial charge in [0.05, 0.1) is 23.2 Å². The third-order valence-electron chi connectivity index (χ3n) is 2.44. The van der Waals surface area contributed by atoms with E-state index in [9.17, 15) is 0 Å². The summed E-state index contributed by atoms with van der Waals surface area (Å²) in [6.07, 6.45) is 0. The quantitative estimate of drug-likeness (QED) is 0.900. The lowest BCUT2D eigenvalue weighted by atomic mass is 10.2. The molecular formula is C12H13BrClN3O2. The number of halogens is 2. The zero-order valence-corrected chi connectivity index (χ0v) is 12.6. The van der Waals surface area contributed by atoms with Crippen LogP contribution in [0.5, 0.6) is 0 Å². The first-order valence-corrected chi connectivity index (χ1v) is 6.91. The number of rotatable bonds is 5. The maximum Gasteiger partial charge on any atom is 0.259 e. The number of aromatic nitrogens is 2. The molecule has 1 aromatic heterocycles. The van der Waals surface area contributed by atoms with Crippen LogP contribution >= 0.6 is 27.5 Å². The summed E-state index contributed by atoms with van der Waals surface area (Å²) in [5.74, 6) is 0.752. The van der Waals surface area contributed by atoms with E-state index in [4.69, 9.17) is 26.6 Å². The predicted octanol–water partition coefficient (Wildman–Crippen LogP) is 3.19. The molecule has 1 aromatic carbocycles. The lowest BCUT2D eigenvalue weighted by molar-refractivity contribution is 0.130. The fourth-order valence-corrected chi connectivity index (χ4v) is 2.23. The number of hydrogen-bond donors (Lipinski definition) is 1. The van der Waals surface area contributed by atoms with Crippen LogP contribution in [0.4, 0.5) is 0 Å². The monoisotopic (exact) mass is 345 g/mol. The van der Waals surface area contributed by atoms with Crippen LogP contribution in [-0.4, -0.2) is 23.4 Å². The van der Waals surface area contributed by atoms with E-state index in [0.29, 0.717) is 35.5 Å². The molecular weight excluding hydrogens is 334 g/mol. The summed E-state index contributed by atoms with van der Waals surface area (Å²) in [7, 11) is 0. The van der Waals surface area contributed by atoms with Crippen molar-refractivity contribution in [3.05, 3.63) is 33.5 Å². The van der Waals surface area contributed by atoms with Gasteiger partial charge in [-0.3, -0.25) is 0 Å². The molecule has 1 atom stereocenters. The Labute approximate surface area is 124 Å². The standard InChI is InChI=1S/C12H13BrClN3O2/c1-2-18-6-10(15)11-16-12(19-17-11)8-4-3-7(13)5-9(8)14/h3-5,10H,2,6,15H2,1H3. The summed E-state index contributed by atoms with van der Waals surface area (Å²) in [4.78, 5) is 4.24. The molecule has 19 heavy (non-hydrogen) atoms. The zero-order chi connectivity index (χ0) is 13.8. The summed E-state index contributed by atoms with van der Waals surface area (Å²) in [6, 6.07) is 5.01. The van der Waals surface area contributed by atoms with Crippen molar-refractivity contribution >= 4 is 27.5 Å². The van der Waals surface area contributed by atoms with Crippen molar-refractivity contribution in [3.63, 3.8) is 0 Å². The van der Waals surface area contributed by atoms with Crippen molar-refractivity contribution in [3.8, 4) is 11.5 Å². The molecule has 0 aliphatic heterocycles. The SMILES string of the molecule is CCOCC(N)c1noc(-c2ccc(Br)cc2Cl)n1. The van der Waals surface area contributed by atoms with Crippen LogP contribution in [0, 0.1) is 0 Å². The molecule has 1 unspecified atom stereocenters. The van der Waals surface area contributed by atoms with Crippen molar-refractivity contribution in [2.45, 2.75) is 13.0 Å². The third-order valence-corrected chi connectivity index (χ3v) is 3.24. The fourth-order valence-electron chi connectivity index (χ4n) is 1.48. The largest absolute Gasteiger partial charge is 0.380 e. The Morgan fingerprint density at radius 2 is 2.32 bits per heavy atom. The lowest BCUT2D eigenvalue weighted by Crippen LogP contribution is -2.18. The van der Waals surface area contributed by atoms with Crippen LogP contribution in [0.3, 0.4) is 0 Å². The van der Waals surface area contributed by atoms with Gasteiger partial charge < -0.3 is 15.0 Å². The van der Waals surface area contributed by atoms with Crippen molar-refractivity contribution in [1.29, 1.82) is 0 Å². The van der Waals surface area contributed by atoms with Gasteiger partial charge in [0.25, 0.3) is 5.89 Å². The highest BCUT2D eigenvalue weighted by Gasteiger charge is 2.17. The van der Waals surface area contributed by atoms with E-state index in [1.165, 1.54) is 0 Å². The Morgan fingerprint density at radius 1 is 1.53 bits per heavy atom. The molecule has 0 fully saturated rings. The van der Waals surface area contributed by atoms with Gasteiger partial charge in [-0.15, -0.1) is 0 Å². The molecule has 0 amide bonds. The molecule has 0 radical (unpaired) electrons. The van der Waals surface area contributed by atoms with E-state index >= 15 is 0 Å². The first kappa shape index (κ1) is 14.5. The molecule has 0 spiro atoms. The van der Waals surface area contributed by atoms with E-state index in [-0.39, 0.29) is 0 Å². The average Bonchev–Trinajstić information content (AvgIpc) is 2.85. The molecule has 0 bridgehead atoms. The minimum Gasteiger partial charge on any atom is -0.380 e. The highest BCUT2D eigenvalue weighted by Crippen LogP contribution is 2.29. The van der Waals surface area contributed by atoms with Crippen LogP contribution in [0.1, 0.15) is 18.8 Å². The Bertz CT molecular complexity index is 562. The number of hydrogen-bond acceptors (Lipinski definition) is 5. The van der Waals surface area contributed by atoms with E-state index < -0.39 is 6.04 Å². The van der Waals surface area contributed by atoms with Gasteiger partial charge in [-0.2, -0.15) is 4.98 Å². The zero-order valence-electron chi connectivity index (χ0n) is 10.3. The molecule has 5 nitrogen and oxygen atoms in total. The molecule has 2 N–H and O–H groups in total. The van der Waals surface area contributed by atoms with E-state index in [1.807, 2.05) is 13.0 Å². The highest BCUT2D eigenvalue weighted by atomic mass is 79.9. The van der Waals surface area contributed by atoms with Crippen LogP contribution in [0.25, 0.3) is 11.5 Å². The first-order chi connectivity index (χ1) is 9.11. The third kappa shape index (κ3) is 3.54. The number of nitrogens with zero attached hydrogens (tertiary/aromatic N) is 2. The maximum absolute atomic E-state index is 6.12. The second-order valence-electron chi connectivity index (χ2n) is 3.85. The predicted molar refractivity (Wildman–Crippen MR) is 75.9 cm³/mol. The smallest absolute Gasteiger partial charge is 0.259 e. The summed E-state index contributed by atoms with van der Waals surface area (Å²) in [5, 5.41) is 4.38. The molecule has 0 saturated heterocycles. The summed E-state index contributed by atoms with van der Waals surface area (Å²) < 4.78 is 11.3. The molecule has 7 heteroatoms. The van der Waals surface area contributed by atoms with Gasteiger partial charge in [0.1, 0.15) is 0 Å². The Kier molecular flexibility index (Phi) is 4.93. The lowest BCUT2D eigenvalue weighted by Gasteiger charge is -2.05. The van der Waals surface area contributed by atoms with E-state index in [0.717, 1.165) is 4.47 Å². The summed E-state index contributed by atoms with van der Waals surface area (Å²) in [6.45, 7) is 2.84.